The van der Waals surface area contributed by atoms with Gasteiger partial charge >= 0.3 is 0 Å². The molecule has 1 fully saturated rings. The second-order valence-corrected chi connectivity index (χ2v) is 8.29. The van der Waals surface area contributed by atoms with E-state index in [0.717, 1.165) is 42.8 Å². The molecule has 0 heterocycles. The first-order chi connectivity index (χ1) is 13.7. The van der Waals surface area contributed by atoms with Gasteiger partial charge in [-0.15, -0.1) is 11.8 Å². The highest BCUT2D eigenvalue weighted by Gasteiger charge is 2.20. The quantitative estimate of drug-likeness (QED) is 0.607. The third-order valence-electron chi connectivity index (χ3n) is 4.95. The number of nitrogens with one attached hydrogen (secondary N) is 2. The first kappa shape index (κ1) is 20.5. The third-order valence-corrected chi connectivity index (χ3v) is 6.23. The van der Waals surface area contributed by atoms with E-state index in [4.69, 9.17) is 0 Å². The van der Waals surface area contributed by atoms with Gasteiger partial charge in [0.25, 0.3) is 11.8 Å². The molecule has 2 aromatic rings. The zero-order valence-corrected chi connectivity index (χ0v) is 17.2. The largest absolute Gasteiger partial charge is 0.349 e. The van der Waals surface area contributed by atoms with Gasteiger partial charge in [0.05, 0.1) is 16.8 Å². The zero-order valence-electron chi connectivity index (χ0n) is 16.4. The fraction of sp³-hybridized carbons (Fsp3) is 0.391. The van der Waals surface area contributed by atoms with Crippen molar-refractivity contribution in [1.29, 1.82) is 0 Å². The van der Waals surface area contributed by atoms with Crippen LogP contribution in [-0.2, 0) is 0 Å². The molecule has 2 N–H and O–H groups in total. The standard InChI is InChI=1S/C23H28N2O2S/c1-2-16-28-21-15-9-7-13-19(21)23(27)25-20-14-8-6-12-18(20)22(26)24-17-10-4-3-5-11-17/h6-9,12-15,17H,2-5,10-11,16H2,1H3,(H,24,26)(H,25,27). The summed E-state index contributed by atoms with van der Waals surface area (Å²) in [6.07, 6.45) is 6.68. The SMILES string of the molecule is CCCSc1ccccc1C(=O)Nc1ccccc1C(=O)NC1CCCCC1. The Morgan fingerprint density at radius 3 is 2.36 bits per heavy atom. The summed E-state index contributed by atoms with van der Waals surface area (Å²) in [7, 11) is 0. The number of amides is 2. The van der Waals surface area contributed by atoms with Gasteiger partial charge in [0.15, 0.2) is 0 Å². The number of carbonyl (C=O) groups excluding carboxylic acids is 2. The van der Waals surface area contributed by atoms with Crippen LogP contribution in [0.15, 0.2) is 53.4 Å². The van der Waals surface area contributed by atoms with Gasteiger partial charge < -0.3 is 10.6 Å². The van der Waals surface area contributed by atoms with Crippen LogP contribution in [0.1, 0.15) is 66.2 Å². The van der Waals surface area contributed by atoms with Gasteiger partial charge in [0.1, 0.15) is 0 Å². The highest BCUT2D eigenvalue weighted by Crippen LogP contribution is 2.25. The van der Waals surface area contributed by atoms with Crippen LogP contribution < -0.4 is 10.6 Å². The lowest BCUT2D eigenvalue weighted by Crippen LogP contribution is -2.36. The zero-order chi connectivity index (χ0) is 19.8. The first-order valence-electron chi connectivity index (χ1n) is 10.1. The summed E-state index contributed by atoms with van der Waals surface area (Å²) >= 11 is 1.68. The van der Waals surface area contributed by atoms with E-state index in [1.165, 1.54) is 6.42 Å². The Bertz CT molecular complexity index is 816. The Labute approximate surface area is 171 Å². The van der Waals surface area contributed by atoms with Crippen molar-refractivity contribution < 1.29 is 9.59 Å². The Balaban J connectivity index is 1.74. The van der Waals surface area contributed by atoms with Crippen LogP contribution >= 0.6 is 11.8 Å². The van der Waals surface area contributed by atoms with E-state index < -0.39 is 0 Å². The summed E-state index contributed by atoms with van der Waals surface area (Å²) in [6, 6.07) is 15.1. The number of thioether (sulfide) groups is 1. The molecule has 0 unspecified atom stereocenters. The summed E-state index contributed by atoms with van der Waals surface area (Å²) in [5.74, 6) is 0.665. The molecule has 2 amide bonds. The van der Waals surface area contributed by atoms with Crippen molar-refractivity contribution in [2.75, 3.05) is 11.1 Å². The van der Waals surface area contributed by atoms with Gasteiger partial charge in [0, 0.05) is 10.9 Å². The number of benzene rings is 2. The molecule has 0 saturated heterocycles. The maximum atomic E-state index is 12.9. The monoisotopic (exact) mass is 396 g/mol. The van der Waals surface area contributed by atoms with E-state index >= 15 is 0 Å². The van der Waals surface area contributed by atoms with Crippen molar-refractivity contribution in [3.63, 3.8) is 0 Å². The molecular formula is C23H28N2O2S. The Kier molecular flexibility index (Phi) is 7.54. The second kappa shape index (κ2) is 10.3. The van der Waals surface area contributed by atoms with E-state index in [0.29, 0.717) is 16.8 Å². The minimum Gasteiger partial charge on any atom is -0.349 e. The van der Waals surface area contributed by atoms with Crippen LogP contribution in [0.3, 0.4) is 0 Å². The molecule has 0 spiro atoms. The maximum absolute atomic E-state index is 12.9. The molecule has 28 heavy (non-hydrogen) atoms. The lowest BCUT2D eigenvalue weighted by Gasteiger charge is -2.23. The van der Waals surface area contributed by atoms with Gasteiger partial charge in [0.2, 0.25) is 0 Å². The highest BCUT2D eigenvalue weighted by atomic mass is 32.2. The van der Waals surface area contributed by atoms with Gasteiger partial charge in [-0.2, -0.15) is 0 Å². The first-order valence-corrected chi connectivity index (χ1v) is 11.1. The van der Waals surface area contributed by atoms with E-state index in [2.05, 4.69) is 17.6 Å². The lowest BCUT2D eigenvalue weighted by molar-refractivity contribution is 0.0928. The Morgan fingerprint density at radius 1 is 0.929 bits per heavy atom. The average molecular weight is 397 g/mol. The Morgan fingerprint density at radius 2 is 1.61 bits per heavy atom. The van der Waals surface area contributed by atoms with Gasteiger partial charge in [-0.05, 0) is 49.3 Å². The van der Waals surface area contributed by atoms with Crippen molar-refractivity contribution >= 4 is 29.3 Å². The predicted molar refractivity (Wildman–Crippen MR) is 116 cm³/mol. The normalized spacial score (nSPS) is 14.5. The predicted octanol–water partition coefficient (Wildman–Crippen LogP) is 5.50. The molecule has 0 atom stereocenters. The minimum atomic E-state index is -0.183. The molecule has 148 valence electrons. The van der Waals surface area contributed by atoms with E-state index in [1.54, 1.807) is 23.9 Å². The third kappa shape index (κ3) is 5.38. The number of anilines is 1. The molecule has 1 aliphatic carbocycles. The minimum absolute atomic E-state index is 0.114. The van der Waals surface area contributed by atoms with Gasteiger partial charge in [-0.25, -0.2) is 0 Å². The van der Waals surface area contributed by atoms with Crippen LogP contribution in [0.5, 0.6) is 0 Å². The fourth-order valence-corrected chi connectivity index (χ4v) is 4.40. The average Bonchev–Trinajstić information content (AvgIpc) is 2.73. The van der Waals surface area contributed by atoms with Crippen LogP contribution in [0.4, 0.5) is 5.69 Å². The van der Waals surface area contributed by atoms with Crippen molar-refractivity contribution in [3.8, 4) is 0 Å². The molecule has 5 heteroatoms. The number of rotatable bonds is 7. The van der Waals surface area contributed by atoms with Crippen LogP contribution in [0.2, 0.25) is 0 Å². The molecular weight excluding hydrogens is 368 g/mol. The van der Waals surface area contributed by atoms with Gasteiger partial charge in [-0.1, -0.05) is 50.5 Å². The van der Waals surface area contributed by atoms with Crippen molar-refractivity contribution in [2.24, 2.45) is 0 Å². The van der Waals surface area contributed by atoms with Crippen molar-refractivity contribution in [2.45, 2.75) is 56.4 Å². The number of carbonyl (C=O) groups is 2. The van der Waals surface area contributed by atoms with Crippen LogP contribution in [0, 0.1) is 0 Å². The molecule has 0 aliphatic heterocycles. The highest BCUT2D eigenvalue weighted by molar-refractivity contribution is 7.99. The molecule has 1 saturated carbocycles. The lowest BCUT2D eigenvalue weighted by atomic mass is 9.95. The molecule has 2 aromatic carbocycles. The smallest absolute Gasteiger partial charge is 0.256 e. The second-order valence-electron chi connectivity index (χ2n) is 7.15. The molecule has 0 bridgehead atoms. The number of hydrogen-bond acceptors (Lipinski definition) is 3. The van der Waals surface area contributed by atoms with Gasteiger partial charge in [-0.3, -0.25) is 9.59 Å². The Hall–Kier alpha value is -2.27. The molecule has 1 aliphatic rings. The fourth-order valence-electron chi connectivity index (χ4n) is 3.48. The molecule has 0 radical (unpaired) electrons. The van der Waals surface area contributed by atoms with Crippen LogP contribution in [0.25, 0.3) is 0 Å². The molecule has 3 rings (SSSR count). The maximum Gasteiger partial charge on any atom is 0.256 e. The number of para-hydroxylation sites is 1. The topological polar surface area (TPSA) is 58.2 Å². The van der Waals surface area contributed by atoms with E-state index in [9.17, 15) is 9.59 Å². The summed E-state index contributed by atoms with van der Waals surface area (Å²) in [5.41, 5.74) is 1.71. The van der Waals surface area contributed by atoms with E-state index in [-0.39, 0.29) is 17.9 Å². The summed E-state index contributed by atoms with van der Waals surface area (Å²) < 4.78 is 0. The number of hydrogen-bond donors (Lipinski definition) is 2. The summed E-state index contributed by atoms with van der Waals surface area (Å²) in [5, 5.41) is 6.08. The summed E-state index contributed by atoms with van der Waals surface area (Å²) in [6.45, 7) is 2.12. The van der Waals surface area contributed by atoms with Crippen molar-refractivity contribution in [1.82, 2.24) is 5.32 Å². The molecule has 4 nitrogen and oxygen atoms in total. The van der Waals surface area contributed by atoms with E-state index in [1.807, 2.05) is 36.4 Å². The summed E-state index contributed by atoms with van der Waals surface area (Å²) in [4.78, 5) is 26.7. The molecule has 0 aromatic heterocycles. The van der Waals surface area contributed by atoms with Crippen molar-refractivity contribution in [3.05, 3.63) is 59.7 Å². The van der Waals surface area contributed by atoms with Crippen LogP contribution in [-0.4, -0.2) is 23.6 Å².